The number of phenolic OH excluding ortho intramolecular Hbond substituents is 1. The highest BCUT2D eigenvalue weighted by atomic mass is 35.5. The second kappa shape index (κ2) is 4.28. The summed E-state index contributed by atoms with van der Waals surface area (Å²) in [7, 11) is 0. The minimum absolute atomic E-state index is 0.00900. The Morgan fingerprint density at radius 3 is 2.77 bits per heavy atom. The maximum absolute atomic E-state index is 11.4. The molecule has 0 bridgehead atoms. The fourth-order valence-electron chi connectivity index (χ4n) is 1.05. The van der Waals surface area contributed by atoms with Crippen LogP contribution >= 0.6 is 11.6 Å². The molecule has 0 aliphatic rings. The van der Waals surface area contributed by atoms with E-state index in [-0.39, 0.29) is 16.6 Å². The zero-order chi connectivity index (χ0) is 9.84. The Balaban J connectivity index is 2.90. The number of rotatable bonds is 3. The highest BCUT2D eigenvalue weighted by molar-refractivity contribution is 6.32. The Bertz CT molecular complexity index is 321. The molecule has 0 radical (unpaired) electrons. The minimum atomic E-state index is 0.00900. The summed E-state index contributed by atoms with van der Waals surface area (Å²) in [5.41, 5.74) is 0.560. The molecule has 2 nitrogen and oxygen atoms in total. The molecule has 0 heterocycles. The van der Waals surface area contributed by atoms with E-state index < -0.39 is 0 Å². The third-order valence-electron chi connectivity index (χ3n) is 1.75. The highest BCUT2D eigenvalue weighted by Crippen LogP contribution is 2.24. The molecule has 1 N–H and O–H groups in total. The summed E-state index contributed by atoms with van der Waals surface area (Å²) in [4.78, 5) is 11.4. The van der Waals surface area contributed by atoms with E-state index in [0.717, 1.165) is 6.42 Å². The van der Waals surface area contributed by atoms with Crippen molar-refractivity contribution in [2.24, 2.45) is 0 Å². The normalized spacial score (nSPS) is 10.0. The monoisotopic (exact) mass is 198 g/mol. The molecule has 3 heteroatoms. The smallest absolute Gasteiger partial charge is 0.162 e. The van der Waals surface area contributed by atoms with E-state index in [0.29, 0.717) is 12.0 Å². The number of phenols is 1. The minimum Gasteiger partial charge on any atom is -0.506 e. The number of carbonyl (C=O) groups excluding carboxylic acids is 1. The number of hydrogen-bond acceptors (Lipinski definition) is 2. The van der Waals surface area contributed by atoms with E-state index in [1.54, 1.807) is 6.07 Å². The van der Waals surface area contributed by atoms with Crippen LogP contribution in [0, 0.1) is 0 Å². The molecule has 0 saturated carbocycles. The molecule has 0 amide bonds. The molecule has 1 aromatic rings. The van der Waals surface area contributed by atoms with Gasteiger partial charge in [-0.3, -0.25) is 4.79 Å². The van der Waals surface area contributed by atoms with Gasteiger partial charge in [0.05, 0.1) is 5.02 Å². The standard InChI is InChI=1S/C10H11ClO2/c1-2-3-9(12)7-4-5-10(13)8(11)6-7/h4-6,13H,2-3H2,1H3. The topological polar surface area (TPSA) is 37.3 Å². The van der Waals surface area contributed by atoms with Crippen molar-refractivity contribution in [1.82, 2.24) is 0 Å². The Hall–Kier alpha value is -1.02. The molecule has 0 fully saturated rings. The number of benzene rings is 1. The Labute approximate surface area is 82.2 Å². The van der Waals surface area contributed by atoms with Crippen LogP contribution in [0.4, 0.5) is 0 Å². The van der Waals surface area contributed by atoms with Crippen molar-refractivity contribution < 1.29 is 9.90 Å². The lowest BCUT2D eigenvalue weighted by molar-refractivity contribution is 0.0982. The van der Waals surface area contributed by atoms with Gasteiger partial charge in [0.15, 0.2) is 5.78 Å². The van der Waals surface area contributed by atoms with Crippen molar-refractivity contribution in [3.8, 4) is 5.75 Å². The number of Topliss-reactive ketones (excluding diaryl/α,β-unsaturated/α-hetero) is 1. The summed E-state index contributed by atoms with van der Waals surface area (Å²) in [5, 5.41) is 9.34. The van der Waals surface area contributed by atoms with Gasteiger partial charge in [-0.05, 0) is 24.6 Å². The maximum Gasteiger partial charge on any atom is 0.162 e. The van der Waals surface area contributed by atoms with Gasteiger partial charge in [0.2, 0.25) is 0 Å². The lowest BCUT2D eigenvalue weighted by Crippen LogP contribution is -1.97. The van der Waals surface area contributed by atoms with Crippen LogP contribution in [0.5, 0.6) is 5.75 Å². The van der Waals surface area contributed by atoms with Gasteiger partial charge in [-0.1, -0.05) is 18.5 Å². The Morgan fingerprint density at radius 1 is 1.54 bits per heavy atom. The van der Waals surface area contributed by atoms with Crippen LogP contribution in [0.15, 0.2) is 18.2 Å². The molecule has 1 rings (SSSR count). The fourth-order valence-corrected chi connectivity index (χ4v) is 1.23. The molecule has 0 saturated heterocycles. The molecule has 0 atom stereocenters. The molecular weight excluding hydrogens is 188 g/mol. The van der Waals surface area contributed by atoms with E-state index in [1.807, 2.05) is 6.92 Å². The maximum atomic E-state index is 11.4. The lowest BCUT2D eigenvalue weighted by Gasteiger charge is -2.00. The van der Waals surface area contributed by atoms with Crippen molar-refractivity contribution in [2.75, 3.05) is 0 Å². The number of aromatic hydroxyl groups is 1. The summed E-state index contributed by atoms with van der Waals surface area (Å²) in [5.74, 6) is 0.0686. The lowest BCUT2D eigenvalue weighted by atomic mass is 10.1. The first-order valence-electron chi connectivity index (χ1n) is 4.17. The van der Waals surface area contributed by atoms with Crippen LogP contribution in [0.3, 0.4) is 0 Å². The van der Waals surface area contributed by atoms with Gasteiger partial charge in [0.25, 0.3) is 0 Å². The summed E-state index contributed by atoms with van der Waals surface area (Å²) in [6, 6.07) is 4.51. The van der Waals surface area contributed by atoms with Gasteiger partial charge in [-0.15, -0.1) is 0 Å². The molecule has 0 aromatic heterocycles. The van der Waals surface area contributed by atoms with Gasteiger partial charge in [0, 0.05) is 12.0 Å². The fraction of sp³-hybridized carbons (Fsp3) is 0.300. The van der Waals surface area contributed by atoms with E-state index in [1.165, 1.54) is 12.1 Å². The molecular formula is C10H11ClO2. The quantitative estimate of drug-likeness (QED) is 0.759. The molecule has 0 aliphatic carbocycles. The number of ketones is 1. The second-order valence-electron chi connectivity index (χ2n) is 2.84. The predicted molar refractivity (Wildman–Crippen MR) is 52.4 cm³/mol. The van der Waals surface area contributed by atoms with Crippen LogP contribution in [-0.4, -0.2) is 10.9 Å². The zero-order valence-electron chi connectivity index (χ0n) is 7.38. The van der Waals surface area contributed by atoms with Crippen molar-refractivity contribution in [1.29, 1.82) is 0 Å². The van der Waals surface area contributed by atoms with Crippen LogP contribution in [0.2, 0.25) is 5.02 Å². The van der Waals surface area contributed by atoms with Crippen molar-refractivity contribution >= 4 is 17.4 Å². The van der Waals surface area contributed by atoms with Crippen LogP contribution in [0.1, 0.15) is 30.1 Å². The molecule has 70 valence electrons. The first-order valence-corrected chi connectivity index (χ1v) is 4.54. The Morgan fingerprint density at radius 2 is 2.23 bits per heavy atom. The van der Waals surface area contributed by atoms with Crippen molar-refractivity contribution in [3.05, 3.63) is 28.8 Å². The predicted octanol–water partition coefficient (Wildman–Crippen LogP) is 3.03. The largest absolute Gasteiger partial charge is 0.506 e. The van der Waals surface area contributed by atoms with Crippen molar-refractivity contribution in [3.63, 3.8) is 0 Å². The molecule has 0 aliphatic heterocycles. The molecule has 13 heavy (non-hydrogen) atoms. The van der Waals surface area contributed by atoms with Gasteiger partial charge >= 0.3 is 0 Å². The van der Waals surface area contributed by atoms with Crippen LogP contribution in [-0.2, 0) is 0 Å². The summed E-state index contributed by atoms with van der Waals surface area (Å²) >= 11 is 5.66. The van der Waals surface area contributed by atoms with E-state index in [9.17, 15) is 4.79 Å². The van der Waals surface area contributed by atoms with E-state index in [4.69, 9.17) is 16.7 Å². The van der Waals surface area contributed by atoms with E-state index >= 15 is 0 Å². The highest BCUT2D eigenvalue weighted by Gasteiger charge is 2.06. The average Bonchev–Trinajstić information content (AvgIpc) is 2.10. The summed E-state index contributed by atoms with van der Waals surface area (Å²) in [6.45, 7) is 1.94. The summed E-state index contributed by atoms with van der Waals surface area (Å²) in [6.07, 6.45) is 1.33. The third kappa shape index (κ3) is 2.46. The molecule has 0 spiro atoms. The number of carbonyl (C=O) groups is 1. The third-order valence-corrected chi connectivity index (χ3v) is 2.05. The van der Waals surface area contributed by atoms with Gasteiger partial charge in [0.1, 0.15) is 5.75 Å². The second-order valence-corrected chi connectivity index (χ2v) is 3.25. The van der Waals surface area contributed by atoms with Gasteiger partial charge in [-0.2, -0.15) is 0 Å². The first-order chi connectivity index (χ1) is 6.15. The zero-order valence-corrected chi connectivity index (χ0v) is 8.14. The SMILES string of the molecule is CCCC(=O)c1ccc(O)c(Cl)c1. The van der Waals surface area contributed by atoms with E-state index in [2.05, 4.69) is 0 Å². The average molecular weight is 199 g/mol. The molecule has 1 aromatic carbocycles. The van der Waals surface area contributed by atoms with Crippen LogP contribution < -0.4 is 0 Å². The molecule has 0 unspecified atom stereocenters. The van der Waals surface area contributed by atoms with Gasteiger partial charge in [-0.25, -0.2) is 0 Å². The van der Waals surface area contributed by atoms with Crippen molar-refractivity contribution in [2.45, 2.75) is 19.8 Å². The number of hydrogen-bond donors (Lipinski definition) is 1. The van der Waals surface area contributed by atoms with Crippen LogP contribution in [0.25, 0.3) is 0 Å². The first kappa shape index (κ1) is 10.1. The number of halogens is 1. The Kier molecular flexibility index (Phi) is 3.32. The summed E-state index contributed by atoms with van der Waals surface area (Å²) < 4.78 is 0. The van der Waals surface area contributed by atoms with Gasteiger partial charge < -0.3 is 5.11 Å².